The van der Waals surface area contributed by atoms with Gasteiger partial charge in [0.2, 0.25) is 0 Å². The number of aromatic nitrogens is 4. The summed E-state index contributed by atoms with van der Waals surface area (Å²) in [6, 6.07) is 9.49. The minimum Gasteiger partial charge on any atom is -0.478 e. The molecule has 0 unspecified atom stereocenters. The molecule has 2 aromatic carbocycles. The number of nitrogens with one attached hydrogen (secondary N) is 1. The van der Waals surface area contributed by atoms with E-state index in [4.69, 9.17) is 28.3 Å². The normalized spacial score (nSPS) is 10.4. The van der Waals surface area contributed by atoms with Gasteiger partial charge in [-0.1, -0.05) is 23.7 Å². The highest BCUT2D eigenvalue weighted by Gasteiger charge is 2.11. The summed E-state index contributed by atoms with van der Waals surface area (Å²) in [6.07, 6.45) is 2.49. The number of para-hydroxylation sites is 2. The molecule has 4 aromatic rings. The van der Waals surface area contributed by atoms with Gasteiger partial charge in [-0.3, -0.25) is 9.59 Å². The van der Waals surface area contributed by atoms with Crippen LogP contribution in [0.1, 0.15) is 20.7 Å². The number of carbonyl (C=O) groups excluding carboxylic acids is 1. The van der Waals surface area contributed by atoms with Crippen LogP contribution in [0.3, 0.4) is 0 Å². The fourth-order valence-electron chi connectivity index (χ4n) is 2.49. The Morgan fingerprint density at radius 3 is 2.25 bits per heavy atom. The number of carboxylic acids is 1. The molecule has 0 aliphatic heterocycles. The predicted octanol–water partition coefficient (Wildman–Crippen LogP) is 3.28. The third kappa shape index (κ3) is 3.83. The van der Waals surface area contributed by atoms with E-state index >= 15 is 0 Å². The largest absolute Gasteiger partial charge is 0.478 e. The fraction of sp³-hybridized carbons (Fsp3) is 0. The van der Waals surface area contributed by atoms with E-state index in [0.717, 1.165) is 0 Å². The number of H-pyrrole nitrogens is 1. The Morgan fingerprint density at radius 1 is 0.929 bits per heavy atom. The lowest BCUT2D eigenvalue weighted by Crippen LogP contribution is -2.09. The molecule has 0 saturated carbocycles. The SMILES string of the molecule is O=C(Cl)c1cccc2c(Cl)ncnc12.O=C(O)c1cccc2c(=O)[nH]cnc12. The van der Waals surface area contributed by atoms with Gasteiger partial charge >= 0.3 is 5.97 Å². The number of benzene rings is 2. The topological polar surface area (TPSA) is 126 Å². The van der Waals surface area contributed by atoms with Crippen LogP contribution in [-0.2, 0) is 0 Å². The first-order chi connectivity index (χ1) is 13.4. The standard InChI is InChI=1S/C9H4Cl2N2O.C9H6N2O3/c10-8-5-2-1-3-6(9(11)14)7(5)12-4-13-8;12-8-5-2-1-3-6(9(13)14)7(5)10-4-11-8/h1-4H;1-4H,(H,13,14)(H,10,11,12). The molecular weight excluding hydrogens is 407 g/mol. The molecule has 0 saturated heterocycles. The van der Waals surface area contributed by atoms with Gasteiger partial charge in [0.25, 0.3) is 10.8 Å². The van der Waals surface area contributed by atoms with Crippen LogP contribution >= 0.6 is 23.2 Å². The van der Waals surface area contributed by atoms with E-state index < -0.39 is 11.2 Å². The summed E-state index contributed by atoms with van der Waals surface area (Å²) in [4.78, 5) is 47.0. The van der Waals surface area contributed by atoms with Gasteiger partial charge in [-0.15, -0.1) is 0 Å². The van der Waals surface area contributed by atoms with Crippen LogP contribution in [0.2, 0.25) is 5.15 Å². The predicted molar refractivity (Wildman–Crippen MR) is 104 cm³/mol. The maximum absolute atomic E-state index is 11.3. The van der Waals surface area contributed by atoms with E-state index in [1.165, 1.54) is 30.9 Å². The van der Waals surface area contributed by atoms with Crippen molar-refractivity contribution in [1.29, 1.82) is 0 Å². The first-order valence-electron chi connectivity index (χ1n) is 7.69. The van der Waals surface area contributed by atoms with Crippen molar-refractivity contribution in [2.75, 3.05) is 0 Å². The molecule has 4 rings (SSSR count). The van der Waals surface area contributed by atoms with Gasteiger partial charge in [-0.2, -0.15) is 0 Å². The Balaban J connectivity index is 0.000000161. The van der Waals surface area contributed by atoms with E-state index in [2.05, 4.69) is 19.9 Å². The van der Waals surface area contributed by atoms with Crippen LogP contribution in [0, 0.1) is 0 Å². The van der Waals surface area contributed by atoms with E-state index in [9.17, 15) is 14.4 Å². The molecule has 0 aliphatic rings. The highest BCUT2D eigenvalue weighted by Crippen LogP contribution is 2.22. The van der Waals surface area contributed by atoms with Gasteiger partial charge in [-0.05, 0) is 35.9 Å². The van der Waals surface area contributed by atoms with Crippen molar-refractivity contribution in [2.24, 2.45) is 0 Å². The van der Waals surface area contributed by atoms with Crippen LogP contribution in [-0.4, -0.2) is 36.3 Å². The van der Waals surface area contributed by atoms with Crippen molar-refractivity contribution in [1.82, 2.24) is 19.9 Å². The Bertz CT molecular complexity index is 1270. The Kier molecular flexibility index (Phi) is 5.62. The number of carbonyl (C=O) groups is 2. The molecule has 0 aliphatic carbocycles. The van der Waals surface area contributed by atoms with Gasteiger partial charge in [0.1, 0.15) is 11.5 Å². The summed E-state index contributed by atoms with van der Waals surface area (Å²) in [5.74, 6) is -1.09. The molecule has 0 amide bonds. The van der Waals surface area contributed by atoms with Crippen LogP contribution in [0.15, 0.2) is 53.8 Å². The van der Waals surface area contributed by atoms with E-state index in [1.807, 2.05) is 0 Å². The molecule has 8 nitrogen and oxygen atoms in total. The third-order valence-electron chi connectivity index (χ3n) is 3.73. The summed E-state index contributed by atoms with van der Waals surface area (Å²) in [6.45, 7) is 0. The number of nitrogens with zero attached hydrogens (tertiary/aromatic N) is 3. The number of rotatable bonds is 2. The lowest BCUT2D eigenvalue weighted by molar-refractivity contribution is 0.0698. The van der Waals surface area contributed by atoms with Crippen molar-refractivity contribution >= 4 is 56.2 Å². The van der Waals surface area contributed by atoms with E-state index in [0.29, 0.717) is 21.6 Å². The maximum atomic E-state index is 11.3. The van der Waals surface area contributed by atoms with Gasteiger partial charge < -0.3 is 10.1 Å². The molecule has 2 N–H and O–H groups in total. The fourth-order valence-corrected chi connectivity index (χ4v) is 2.83. The Labute approximate surface area is 166 Å². The van der Waals surface area contributed by atoms with Gasteiger partial charge in [0.15, 0.2) is 0 Å². The summed E-state index contributed by atoms with van der Waals surface area (Å²) >= 11 is 11.2. The minimum atomic E-state index is -1.09. The summed E-state index contributed by atoms with van der Waals surface area (Å²) in [5, 5.41) is 9.50. The second-order valence-electron chi connectivity index (χ2n) is 5.38. The van der Waals surface area contributed by atoms with Gasteiger partial charge in [-0.25, -0.2) is 19.7 Å². The average Bonchev–Trinajstić information content (AvgIpc) is 2.68. The second kappa shape index (κ2) is 8.12. The molecule has 140 valence electrons. The quantitative estimate of drug-likeness (QED) is 0.379. The molecule has 0 spiro atoms. The van der Waals surface area contributed by atoms with Crippen molar-refractivity contribution in [3.05, 3.63) is 75.7 Å². The number of halogens is 2. The first-order valence-corrected chi connectivity index (χ1v) is 8.44. The first kappa shape index (κ1) is 19.4. The van der Waals surface area contributed by atoms with E-state index in [-0.39, 0.29) is 22.0 Å². The smallest absolute Gasteiger partial charge is 0.337 e. The molecule has 0 bridgehead atoms. The Hall–Kier alpha value is -3.36. The van der Waals surface area contributed by atoms with Crippen molar-refractivity contribution in [3.8, 4) is 0 Å². The number of aromatic amines is 1. The average molecular weight is 417 g/mol. The highest BCUT2D eigenvalue weighted by molar-refractivity contribution is 6.68. The number of carboxylic acid groups (broad SMARTS) is 1. The number of hydrogen-bond acceptors (Lipinski definition) is 6. The molecule has 0 fully saturated rings. The molecule has 0 radical (unpaired) electrons. The third-order valence-corrected chi connectivity index (χ3v) is 4.23. The van der Waals surface area contributed by atoms with Crippen molar-refractivity contribution in [3.63, 3.8) is 0 Å². The zero-order chi connectivity index (χ0) is 20.3. The summed E-state index contributed by atoms with van der Waals surface area (Å²) < 4.78 is 0. The van der Waals surface area contributed by atoms with Crippen molar-refractivity contribution in [2.45, 2.75) is 0 Å². The molecular formula is C18H10Cl2N4O4. The number of fused-ring (bicyclic) bond motifs is 2. The highest BCUT2D eigenvalue weighted by atomic mass is 35.5. The van der Waals surface area contributed by atoms with Crippen LogP contribution in [0.4, 0.5) is 0 Å². The zero-order valence-electron chi connectivity index (χ0n) is 13.9. The van der Waals surface area contributed by atoms with E-state index in [1.54, 1.807) is 18.2 Å². The minimum absolute atomic E-state index is 0.0357. The second-order valence-corrected chi connectivity index (χ2v) is 6.08. The summed E-state index contributed by atoms with van der Waals surface area (Å²) in [7, 11) is 0. The van der Waals surface area contributed by atoms with Crippen molar-refractivity contribution < 1.29 is 14.7 Å². The van der Waals surface area contributed by atoms with Crippen LogP contribution < -0.4 is 5.56 Å². The lowest BCUT2D eigenvalue weighted by atomic mass is 10.1. The van der Waals surface area contributed by atoms with Crippen LogP contribution in [0.5, 0.6) is 0 Å². The molecule has 10 heteroatoms. The van der Waals surface area contributed by atoms with Gasteiger partial charge in [0, 0.05) is 5.39 Å². The molecule has 2 aromatic heterocycles. The Morgan fingerprint density at radius 2 is 1.57 bits per heavy atom. The number of hydrogen-bond donors (Lipinski definition) is 2. The summed E-state index contributed by atoms with van der Waals surface area (Å²) in [5.41, 5.74) is 0.733. The molecule has 2 heterocycles. The lowest BCUT2D eigenvalue weighted by Gasteiger charge is -2.01. The maximum Gasteiger partial charge on any atom is 0.337 e. The molecule has 28 heavy (non-hydrogen) atoms. The zero-order valence-corrected chi connectivity index (χ0v) is 15.4. The monoisotopic (exact) mass is 416 g/mol. The van der Waals surface area contributed by atoms with Crippen LogP contribution in [0.25, 0.3) is 21.8 Å². The molecule has 0 atom stereocenters. The van der Waals surface area contributed by atoms with Gasteiger partial charge in [0.05, 0.1) is 33.9 Å². The number of aromatic carboxylic acids is 1.